The van der Waals surface area contributed by atoms with Gasteiger partial charge in [-0.3, -0.25) is 9.69 Å². The molecule has 6 nitrogen and oxygen atoms in total. The van der Waals surface area contributed by atoms with Gasteiger partial charge in [0.05, 0.1) is 13.7 Å². The molecule has 1 N–H and O–H groups in total. The van der Waals surface area contributed by atoms with E-state index in [9.17, 15) is 4.79 Å². The van der Waals surface area contributed by atoms with Crippen molar-refractivity contribution in [3.05, 3.63) is 57.5 Å². The highest BCUT2D eigenvalue weighted by molar-refractivity contribution is 5.85. The summed E-state index contributed by atoms with van der Waals surface area (Å²) < 4.78 is 13.3. The average Bonchev–Trinajstić information content (AvgIpc) is 2.72. The second kappa shape index (κ2) is 11.2. The Morgan fingerprint density at radius 3 is 2.65 bits per heavy atom. The fraction of sp³-hybridized carbons (Fsp3) is 0.522. The fourth-order valence-electron chi connectivity index (χ4n) is 4.75. The zero-order valence-corrected chi connectivity index (χ0v) is 20.1. The van der Waals surface area contributed by atoms with E-state index < -0.39 is 0 Å². The number of nitrogens with zero attached hydrogens (tertiary/aromatic N) is 2. The van der Waals surface area contributed by atoms with Crippen LogP contribution in [-0.4, -0.2) is 43.3 Å². The number of halogens is 2. The summed E-state index contributed by atoms with van der Waals surface area (Å²) in [5.74, 6) is 2.56. The van der Waals surface area contributed by atoms with Crippen molar-refractivity contribution in [2.75, 3.05) is 33.9 Å². The minimum Gasteiger partial charge on any atom is -0.493 e. The van der Waals surface area contributed by atoms with Crippen LogP contribution in [-0.2, 0) is 19.6 Å². The summed E-state index contributed by atoms with van der Waals surface area (Å²) in [5.41, 5.74) is 3.27. The molecule has 2 aromatic rings. The summed E-state index contributed by atoms with van der Waals surface area (Å²) >= 11 is 0. The van der Waals surface area contributed by atoms with E-state index in [2.05, 4.69) is 22.3 Å². The van der Waals surface area contributed by atoms with Gasteiger partial charge in [-0.05, 0) is 45.0 Å². The molecule has 4 rings (SSSR count). The molecule has 1 aromatic carbocycles. The number of rotatable bonds is 7. The first kappa shape index (κ1) is 25.5. The number of fused-ring (bicyclic) bond motifs is 4. The topological polar surface area (TPSA) is 55.7 Å². The molecule has 1 saturated heterocycles. The lowest BCUT2D eigenvalue weighted by atomic mass is 9.84. The lowest BCUT2D eigenvalue weighted by Gasteiger charge is -2.37. The quantitative estimate of drug-likeness (QED) is 0.672. The van der Waals surface area contributed by atoms with E-state index in [1.54, 1.807) is 7.11 Å². The largest absolute Gasteiger partial charge is 0.493 e. The van der Waals surface area contributed by atoms with Gasteiger partial charge in [0.25, 0.3) is 5.56 Å². The van der Waals surface area contributed by atoms with Crippen molar-refractivity contribution in [1.82, 2.24) is 14.8 Å². The Kier molecular flexibility index (Phi) is 9.25. The molecule has 3 heterocycles. The normalized spacial score (nSPS) is 19.1. The van der Waals surface area contributed by atoms with Gasteiger partial charge in [-0.15, -0.1) is 24.8 Å². The zero-order chi connectivity index (χ0) is 20.4. The molecule has 2 aliphatic rings. The molecule has 1 fully saturated rings. The van der Waals surface area contributed by atoms with Gasteiger partial charge in [-0.1, -0.05) is 18.2 Å². The molecule has 0 spiro atoms. The Morgan fingerprint density at radius 1 is 1.13 bits per heavy atom. The Morgan fingerprint density at radius 2 is 1.90 bits per heavy atom. The number of nitrogens with one attached hydrogen (secondary N) is 1. The van der Waals surface area contributed by atoms with Crippen molar-refractivity contribution >= 4 is 24.8 Å². The van der Waals surface area contributed by atoms with Gasteiger partial charge >= 0.3 is 0 Å². The number of aromatic nitrogens is 1. The maximum Gasteiger partial charge on any atom is 0.255 e. The maximum absolute atomic E-state index is 13.2. The van der Waals surface area contributed by atoms with Crippen molar-refractivity contribution in [3.8, 4) is 11.5 Å². The number of methoxy groups -OCH3 is 1. The van der Waals surface area contributed by atoms with Crippen LogP contribution in [0.2, 0.25) is 0 Å². The monoisotopic (exact) mass is 469 g/mol. The van der Waals surface area contributed by atoms with Gasteiger partial charge in [0.1, 0.15) is 0 Å². The highest BCUT2D eigenvalue weighted by Gasteiger charge is 2.31. The second-order valence-corrected chi connectivity index (χ2v) is 8.21. The van der Waals surface area contributed by atoms with E-state index in [4.69, 9.17) is 9.47 Å². The van der Waals surface area contributed by atoms with Crippen molar-refractivity contribution < 1.29 is 9.47 Å². The van der Waals surface area contributed by atoms with Crippen LogP contribution < -0.4 is 20.3 Å². The molecule has 0 amide bonds. The molecule has 0 saturated carbocycles. The Hall–Kier alpha value is -1.73. The van der Waals surface area contributed by atoms with Gasteiger partial charge in [-0.2, -0.15) is 0 Å². The first-order valence-corrected chi connectivity index (χ1v) is 10.5. The molecule has 2 aliphatic heterocycles. The van der Waals surface area contributed by atoms with Gasteiger partial charge in [-0.25, -0.2) is 0 Å². The van der Waals surface area contributed by atoms with E-state index in [0.29, 0.717) is 31.5 Å². The molecule has 31 heavy (non-hydrogen) atoms. The number of hydrogen-bond donors (Lipinski definition) is 1. The Balaban J connectivity index is 0.00000171. The van der Waals surface area contributed by atoms with Gasteiger partial charge in [0.2, 0.25) is 0 Å². The van der Waals surface area contributed by atoms with Crippen LogP contribution in [0.1, 0.15) is 36.1 Å². The lowest BCUT2D eigenvalue weighted by molar-refractivity contribution is 0.254. The molecule has 0 aliphatic carbocycles. The van der Waals surface area contributed by atoms with E-state index >= 15 is 0 Å². The summed E-state index contributed by atoms with van der Waals surface area (Å²) in [6.07, 6.45) is 1.20. The predicted molar refractivity (Wildman–Crippen MR) is 128 cm³/mol. The summed E-state index contributed by atoms with van der Waals surface area (Å²) in [4.78, 5) is 15.3. The van der Waals surface area contributed by atoms with E-state index in [1.165, 1.54) is 12.1 Å². The van der Waals surface area contributed by atoms with E-state index in [0.717, 1.165) is 42.3 Å². The summed E-state index contributed by atoms with van der Waals surface area (Å²) in [6, 6.07) is 10.1. The number of ether oxygens (including phenoxy) is 2. The highest BCUT2D eigenvalue weighted by Crippen LogP contribution is 2.33. The third kappa shape index (κ3) is 5.37. The SMILES string of the molecule is CCOc1c(CN(C)Cc2ccc3n(c2=O)C[C@@H]2CNC[C@H]3C2)cccc1OC.Cl.Cl. The third-order valence-corrected chi connectivity index (χ3v) is 6.04. The number of hydrogen-bond acceptors (Lipinski definition) is 5. The minimum absolute atomic E-state index is 0. The van der Waals surface area contributed by atoms with Gasteiger partial charge < -0.3 is 19.4 Å². The number of para-hydroxylation sites is 1. The Labute approximate surface area is 196 Å². The Bertz CT molecular complexity index is 935. The van der Waals surface area contributed by atoms with Crippen LogP contribution >= 0.6 is 24.8 Å². The average molecular weight is 470 g/mol. The molecule has 2 atom stereocenters. The van der Waals surface area contributed by atoms with E-state index in [1.807, 2.05) is 36.7 Å². The van der Waals surface area contributed by atoms with Crippen LogP contribution in [0.5, 0.6) is 11.5 Å². The van der Waals surface area contributed by atoms with Crippen LogP contribution in [0.3, 0.4) is 0 Å². The van der Waals surface area contributed by atoms with Crippen molar-refractivity contribution in [2.24, 2.45) is 5.92 Å². The van der Waals surface area contributed by atoms with Crippen molar-refractivity contribution in [1.29, 1.82) is 0 Å². The number of benzene rings is 1. The van der Waals surface area contributed by atoms with Crippen LogP contribution in [0.4, 0.5) is 0 Å². The molecule has 0 unspecified atom stereocenters. The smallest absolute Gasteiger partial charge is 0.255 e. The van der Waals surface area contributed by atoms with Crippen molar-refractivity contribution in [3.63, 3.8) is 0 Å². The van der Waals surface area contributed by atoms with Crippen LogP contribution in [0.15, 0.2) is 35.1 Å². The standard InChI is InChI=1S/C23H31N3O3.2ClH/c1-4-29-22-17(6-5-7-21(22)28-3)14-25(2)15-18-8-9-20-19-10-16(11-24-12-19)13-26(20)23(18)27;;/h5-9,16,19,24H,4,10-15H2,1-3H3;2*1H/t16-,19+;;/m0../s1. The van der Waals surface area contributed by atoms with Gasteiger partial charge in [0, 0.05) is 48.9 Å². The molecule has 0 radical (unpaired) electrons. The first-order valence-electron chi connectivity index (χ1n) is 10.5. The molecule has 1 aromatic heterocycles. The molecule has 2 bridgehead atoms. The van der Waals surface area contributed by atoms with E-state index in [-0.39, 0.29) is 30.4 Å². The maximum atomic E-state index is 13.2. The summed E-state index contributed by atoms with van der Waals surface area (Å²) in [6.45, 7) is 6.67. The lowest BCUT2D eigenvalue weighted by Crippen LogP contribution is -2.45. The second-order valence-electron chi connectivity index (χ2n) is 8.21. The number of piperidine rings is 1. The molecular weight excluding hydrogens is 437 g/mol. The van der Waals surface area contributed by atoms with Crippen molar-refractivity contribution in [2.45, 2.75) is 38.9 Å². The summed E-state index contributed by atoms with van der Waals surface area (Å²) in [7, 11) is 3.70. The van der Waals surface area contributed by atoms with Crippen LogP contribution in [0, 0.1) is 5.92 Å². The highest BCUT2D eigenvalue weighted by atomic mass is 35.5. The zero-order valence-electron chi connectivity index (χ0n) is 18.4. The third-order valence-electron chi connectivity index (χ3n) is 6.04. The molecule has 172 valence electrons. The predicted octanol–water partition coefficient (Wildman–Crippen LogP) is 3.44. The molecular formula is C23H33Cl2N3O3. The van der Waals surface area contributed by atoms with Gasteiger partial charge in [0.15, 0.2) is 11.5 Å². The minimum atomic E-state index is 0. The number of pyridine rings is 1. The molecule has 8 heteroatoms. The fourth-order valence-corrected chi connectivity index (χ4v) is 4.75. The first-order chi connectivity index (χ1) is 14.1. The van der Waals surface area contributed by atoms with Crippen LogP contribution in [0.25, 0.3) is 0 Å². The summed E-state index contributed by atoms with van der Waals surface area (Å²) in [5, 5.41) is 3.50.